The van der Waals surface area contributed by atoms with Crippen LogP contribution >= 0.6 is 0 Å². The Morgan fingerprint density at radius 3 is 2.29 bits per heavy atom. The molecule has 6 nitrogen and oxygen atoms in total. The Labute approximate surface area is 182 Å². The van der Waals surface area contributed by atoms with Gasteiger partial charge >= 0.3 is 5.69 Å². The minimum atomic E-state index is -0.376. The van der Waals surface area contributed by atoms with E-state index in [0.29, 0.717) is 26.2 Å². The third-order valence-electron chi connectivity index (χ3n) is 5.71. The van der Waals surface area contributed by atoms with Gasteiger partial charge in [0.2, 0.25) is 0 Å². The first-order chi connectivity index (χ1) is 15.1. The number of aromatic nitrogens is 2. The summed E-state index contributed by atoms with van der Waals surface area (Å²) in [7, 11) is 0. The average molecular weight is 418 g/mol. The van der Waals surface area contributed by atoms with Crippen molar-refractivity contribution in [3.63, 3.8) is 0 Å². The largest absolute Gasteiger partial charge is 0.383 e. The van der Waals surface area contributed by atoms with E-state index in [0.717, 1.165) is 16.7 Å². The normalized spacial score (nSPS) is 20.8. The van der Waals surface area contributed by atoms with E-state index in [1.807, 2.05) is 60.7 Å². The fourth-order valence-electron chi connectivity index (χ4n) is 4.03. The average Bonchev–Trinajstić information content (AvgIpc) is 3.09. The molecule has 1 aliphatic rings. The molecule has 3 atom stereocenters. The molecule has 4 rings (SSSR count). The number of hydrogen-bond donors (Lipinski definition) is 1. The topological polar surface area (TPSA) is 79.4 Å². The van der Waals surface area contributed by atoms with Crippen LogP contribution in [0.3, 0.4) is 0 Å². The first-order valence-corrected chi connectivity index (χ1v) is 10.4. The molecule has 1 aliphatic carbocycles. The van der Waals surface area contributed by atoms with Crippen LogP contribution in [0.1, 0.15) is 23.6 Å². The molecular formula is C25H27N3O3. The van der Waals surface area contributed by atoms with Crippen LogP contribution in [0.4, 0.5) is 5.82 Å². The summed E-state index contributed by atoms with van der Waals surface area (Å²) in [6.45, 7) is 5.80. The van der Waals surface area contributed by atoms with Crippen LogP contribution in [-0.2, 0) is 22.7 Å². The smallest absolute Gasteiger partial charge is 0.350 e. The predicted molar refractivity (Wildman–Crippen MR) is 120 cm³/mol. The molecule has 0 aliphatic heterocycles. The summed E-state index contributed by atoms with van der Waals surface area (Å²) in [4.78, 5) is 16.3. The number of nitrogens with zero attached hydrogens (tertiary/aromatic N) is 2. The summed E-state index contributed by atoms with van der Waals surface area (Å²) in [6.07, 6.45) is 2.20. The Morgan fingerprint density at radius 2 is 1.65 bits per heavy atom. The van der Waals surface area contributed by atoms with Crippen molar-refractivity contribution >= 4 is 5.82 Å². The van der Waals surface area contributed by atoms with E-state index >= 15 is 0 Å². The fourth-order valence-corrected chi connectivity index (χ4v) is 4.03. The Morgan fingerprint density at radius 1 is 1.00 bits per heavy atom. The van der Waals surface area contributed by atoms with Gasteiger partial charge in [-0.05, 0) is 29.2 Å². The van der Waals surface area contributed by atoms with Crippen molar-refractivity contribution in [3.05, 3.63) is 107 Å². The molecule has 1 fully saturated rings. The van der Waals surface area contributed by atoms with E-state index in [1.54, 1.807) is 16.8 Å². The number of rotatable bonds is 8. The molecule has 1 aromatic heterocycles. The van der Waals surface area contributed by atoms with Gasteiger partial charge in [-0.3, -0.25) is 4.57 Å². The number of nitrogen functional groups attached to an aromatic ring is 1. The molecule has 31 heavy (non-hydrogen) atoms. The van der Waals surface area contributed by atoms with Crippen molar-refractivity contribution in [1.29, 1.82) is 0 Å². The Balaban J connectivity index is 1.49. The van der Waals surface area contributed by atoms with Gasteiger partial charge in [0, 0.05) is 12.1 Å². The lowest BCUT2D eigenvalue weighted by molar-refractivity contribution is -0.0122. The van der Waals surface area contributed by atoms with Crippen molar-refractivity contribution in [3.8, 4) is 0 Å². The highest BCUT2D eigenvalue weighted by molar-refractivity contribution is 5.26. The molecular weight excluding hydrogens is 390 g/mol. The summed E-state index contributed by atoms with van der Waals surface area (Å²) < 4.78 is 13.9. The maximum absolute atomic E-state index is 12.4. The van der Waals surface area contributed by atoms with Crippen molar-refractivity contribution in [2.24, 2.45) is 5.92 Å². The van der Waals surface area contributed by atoms with Gasteiger partial charge in [-0.25, -0.2) is 4.79 Å². The highest BCUT2D eigenvalue weighted by Gasteiger charge is 2.40. The molecule has 3 aromatic rings. The van der Waals surface area contributed by atoms with E-state index in [9.17, 15) is 4.79 Å². The zero-order valence-corrected chi connectivity index (χ0v) is 17.4. The number of hydrogen-bond acceptors (Lipinski definition) is 5. The predicted octanol–water partition coefficient (Wildman–Crippen LogP) is 3.74. The van der Waals surface area contributed by atoms with Gasteiger partial charge in [0.25, 0.3) is 0 Å². The highest BCUT2D eigenvalue weighted by Crippen LogP contribution is 2.40. The van der Waals surface area contributed by atoms with Gasteiger partial charge in [0.05, 0.1) is 32.0 Å². The fraction of sp³-hybridized carbons (Fsp3) is 0.280. The van der Waals surface area contributed by atoms with Crippen molar-refractivity contribution in [2.45, 2.75) is 31.8 Å². The van der Waals surface area contributed by atoms with Gasteiger partial charge in [-0.1, -0.05) is 67.2 Å². The third-order valence-corrected chi connectivity index (χ3v) is 5.71. The second-order valence-electron chi connectivity index (χ2n) is 7.81. The van der Waals surface area contributed by atoms with Crippen LogP contribution in [-0.4, -0.2) is 22.3 Å². The SMILES string of the molecule is C=C1[C@H](COCc2ccccc2)[C@@H](OCc2ccccc2)C[C@@H]1n1ccc(N)nc1=O. The van der Waals surface area contributed by atoms with Crippen LogP contribution in [0.2, 0.25) is 0 Å². The van der Waals surface area contributed by atoms with E-state index in [1.165, 1.54) is 0 Å². The van der Waals surface area contributed by atoms with Crippen LogP contribution in [0.25, 0.3) is 0 Å². The first kappa shape index (κ1) is 21.0. The molecule has 1 saturated carbocycles. The van der Waals surface area contributed by atoms with Gasteiger partial charge in [-0.15, -0.1) is 0 Å². The van der Waals surface area contributed by atoms with Crippen LogP contribution in [0.5, 0.6) is 0 Å². The first-order valence-electron chi connectivity index (χ1n) is 10.4. The quantitative estimate of drug-likeness (QED) is 0.565. The molecule has 2 aromatic carbocycles. The van der Waals surface area contributed by atoms with Gasteiger partial charge in [0.1, 0.15) is 5.82 Å². The van der Waals surface area contributed by atoms with Crippen molar-refractivity contribution in [1.82, 2.24) is 9.55 Å². The molecule has 2 N–H and O–H groups in total. The number of benzene rings is 2. The lowest BCUT2D eigenvalue weighted by atomic mass is 10.0. The number of ether oxygens (including phenoxy) is 2. The Bertz CT molecular complexity index is 1070. The van der Waals surface area contributed by atoms with E-state index in [2.05, 4.69) is 11.6 Å². The summed E-state index contributed by atoms with van der Waals surface area (Å²) >= 11 is 0. The molecule has 1 heterocycles. The van der Waals surface area contributed by atoms with Crippen LogP contribution in [0, 0.1) is 5.92 Å². The summed E-state index contributed by atoms with van der Waals surface area (Å²) in [5.74, 6) is 0.186. The van der Waals surface area contributed by atoms with Gasteiger partial charge < -0.3 is 15.2 Å². The van der Waals surface area contributed by atoms with E-state index in [4.69, 9.17) is 15.2 Å². The van der Waals surface area contributed by atoms with Gasteiger partial charge in [-0.2, -0.15) is 4.98 Å². The number of nitrogens with two attached hydrogens (primary N) is 1. The second-order valence-corrected chi connectivity index (χ2v) is 7.81. The molecule has 0 radical (unpaired) electrons. The van der Waals surface area contributed by atoms with Crippen LogP contribution < -0.4 is 11.4 Å². The molecule has 0 bridgehead atoms. The maximum atomic E-state index is 12.4. The zero-order chi connectivity index (χ0) is 21.6. The van der Waals surface area contributed by atoms with E-state index in [-0.39, 0.29) is 29.6 Å². The lowest BCUT2D eigenvalue weighted by Gasteiger charge is -2.21. The molecule has 6 heteroatoms. The molecule has 0 saturated heterocycles. The summed E-state index contributed by atoms with van der Waals surface area (Å²) in [6, 6.07) is 21.5. The number of anilines is 1. The minimum Gasteiger partial charge on any atom is -0.383 e. The molecule has 0 amide bonds. The second kappa shape index (κ2) is 9.73. The maximum Gasteiger partial charge on any atom is 0.350 e. The molecule has 160 valence electrons. The van der Waals surface area contributed by atoms with Crippen molar-refractivity contribution in [2.75, 3.05) is 12.3 Å². The summed E-state index contributed by atoms with van der Waals surface area (Å²) in [5.41, 5.74) is 8.42. The lowest BCUT2D eigenvalue weighted by Crippen LogP contribution is -2.27. The monoisotopic (exact) mass is 417 g/mol. The minimum absolute atomic E-state index is 0.0260. The van der Waals surface area contributed by atoms with Crippen molar-refractivity contribution < 1.29 is 9.47 Å². The zero-order valence-electron chi connectivity index (χ0n) is 17.4. The highest BCUT2D eigenvalue weighted by atomic mass is 16.5. The Hall–Kier alpha value is -3.22. The molecule has 0 spiro atoms. The Kier molecular flexibility index (Phi) is 6.60. The third kappa shape index (κ3) is 5.10. The molecule has 0 unspecified atom stereocenters. The summed E-state index contributed by atoms with van der Waals surface area (Å²) in [5, 5.41) is 0. The van der Waals surface area contributed by atoms with E-state index < -0.39 is 0 Å². The van der Waals surface area contributed by atoms with Gasteiger partial charge in [0.15, 0.2) is 0 Å². The van der Waals surface area contributed by atoms with Crippen LogP contribution in [0.15, 0.2) is 89.9 Å². The standard InChI is InChI=1S/C25H27N3O3/c1-18-21(17-30-15-19-8-4-2-5-9-19)23(31-16-20-10-6-3-7-11-20)14-22(18)28-13-12-24(26)27-25(28)29/h2-13,21-23H,1,14-17H2,(H2,26,27,29)/t21-,22-,23-/m0/s1.